The molecule has 72 valence electrons. The smallest absolute Gasteiger partial charge is 0.0522 e. The lowest BCUT2D eigenvalue weighted by atomic mass is 9.92. The summed E-state index contributed by atoms with van der Waals surface area (Å²) in [5.41, 5.74) is 1.38. The number of hydrogen-bond donors (Lipinski definition) is 1. The maximum absolute atomic E-state index is 4.00. The fraction of sp³-hybridized carbons (Fsp3) is 0.700. The van der Waals surface area contributed by atoms with Crippen LogP contribution in [-0.4, -0.2) is 34.7 Å². The molecule has 0 aliphatic carbocycles. The highest BCUT2D eigenvalue weighted by atomic mass is 15.1. The molecule has 1 fully saturated rings. The number of H-pyrrole nitrogens is 1. The summed E-state index contributed by atoms with van der Waals surface area (Å²) >= 11 is 0. The van der Waals surface area contributed by atoms with E-state index in [2.05, 4.69) is 22.0 Å². The molecule has 2 heterocycles. The average Bonchev–Trinajstić information content (AvgIpc) is 2.71. The third-order valence-electron chi connectivity index (χ3n) is 3.03. The lowest BCUT2D eigenvalue weighted by Crippen LogP contribution is -2.32. The third kappa shape index (κ3) is 1.91. The number of aromatic amines is 1. The van der Waals surface area contributed by atoms with Gasteiger partial charge in [0, 0.05) is 6.20 Å². The Morgan fingerprint density at radius 3 is 2.85 bits per heavy atom. The van der Waals surface area contributed by atoms with Gasteiger partial charge in [-0.1, -0.05) is 6.92 Å². The first-order valence-electron chi connectivity index (χ1n) is 5.11. The molecule has 0 saturated carbocycles. The lowest BCUT2D eigenvalue weighted by Gasteiger charge is -2.30. The lowest BCUT2D eigenvalue weighted by molar-refractivity contribution is 0.222. The van der Waals surface area contributed by atoms with Crippen molar-refractivity contribution in [2.45, 2.75) is 25.7 Å². The number of likely N-dealkylation sites (tertiary alicyclic amines) is 1. The monoisotopic (exact) mass is 179 g/mol. The van der Waals surface area contributed by atoms with E-state index in [1.807, 2.05) is 12.4 Å². The maximum atomic E-state index is 4.00. The van der Waals surface area contributed by atoms with Crippen molar-refractivity contribution in [2.24, 2.45) is 0 Å². The molecule has 0 aromatic carbocycles. The van der Waals surface area contributed by atoms with Crippen LogP contribution in [0.15, 0.2) is 12.4 Å². The van der Waals surface area contributed by atoms with Crippen LogP contribution in [0.5, 0.6) is 0 Å². The van der Waals surface area contributed by atoms with Crippen molar-refractivity contribution in [1.29, 1.82) is 0 Å². The summed E-state index contributed by atoms with van der Waals surface area (Å²) in [5.74, 6) is 0.738. The molecule has 3 heteroatoms. The van der Waals surface area contributed by atoms with E-state index >= 15 is 0 Å². The van der Waals surface area contributed by atoms with Crippen molar-refractivity contribution in [3.63, 3.8) is 0 Å². The zero-order valence-corrected chi connectivity index (χ0v) is 8.16. The van der Waals surface area contributed by atoms with Crippen molar-refractivity contribution in [3.05, 3.63) is 18.0 Å². The van der Waals surface area contributed by atoms with Gasteiger partial charge in [-0.15, -0.1) is 0 Å². The van der Waals surface area contributed by atoms with Crippen LogP contribution in [0.3, 0.4) is 0 Å². The highest BCUT2D eigenvalue weighted by Crippen LogP contribution is 2.26. The largest absolute Gasteiger partial charge is 0.304 e. The molecular formula is C10H17N3. The first-order chi connectivity index (χ1) is 6.40. The van der Waals surface area contributed by atoms with Crippen LogP contribution in [0.1, 0.15) is 31.2 Å². The maximum Gasteiger partial charge on any atom is 0.0522 e. The minimum absolute atomic E-state index is 0.738. The number of rotatable bonds is 2. The summed E-state index contributed by atoms with van der Waals surface area (Å²) in [6, 6.07) is 0. The predicted octanol–water partition coefficient (Wildman–Crippen LogP) is 1.61. The molecule has 0 spiro atoms. The van der Waals surface area contributed by atoms with Gasteiger partial charge in [0.2, 0.25) is 0 Å². The molecular weight excluding hydrogens is 162 g/mol. The Balaban J connectivity index is 1.92. The molecule has 1 aromatic heterocycles. The summed E-state index contributed by atoms with van der Waals surface area (Å²) in [5, 5.41) is 6.89. The van der Waals surface area contributed by atoms with E-state index in [-0.39, 0.29) is 0 Å². The van der Waals surface area contributed by atoms with Gasteiger partial charge in [0.25, 0.3) is 0 Å². The second-order valence-corrected chi connectivity index (χ2v) is 3.74. The highest BCUT2D eigenvalue weighted by molar-refractivity contribution is 5.11. The van der Waals surface area contributed by atoms with Gasteiger partial charge in [-0.25, -0.2) is 0 Å². The Labute approximate surface area is 79.1 Å². The van der Waals surface area contributed by atoms with Crippen LogP contribution in [0.4, 0.5) is 0 Å². The van der Waals surface area contributed by atoms with E-state index in [0.29, 0.717) is 0 Å². The highest BCUT2D eigenvalue weighted by Gasteiger charge is 2.19. The molecule has 2 rings (SSSR count). The van der Waals surface area contributed by atoms with Gasteiger partial charge >= 0.3 is 0 Å². The molecule has 0 amide bonds. The molecule has 3 nitrogen and oxygen atoms in total. The zero-order valence-electron chi connectivity index (χ0n) is 8.16. The number of hydrogen-bond acceptors (Lipinski definition) is 2. The molecule has 1 N–H and O–H groups in total. The van der Waals surface area contributed by atoms with Gasteiger partial charge in [0.1, 0.15) is 0 Å². The van der Waals surface area contributed by atoms with E-state index in [9.17, 15) is 0 Å². The number of nitrogens with one attached hydrogen (secondary N) is 1. The molecule has 13 heavy (non-hydrogen) atoms. The van der Waals surface area contributed by atoms with E-state index in [4.69, 9.17) is 0 Å². The molecule has 0 unspecified atom stereocenters. The van der Waals surface area contributed by atoms with Gasteiger partial charge in [-0.05, 0) is 44.0 Å². The van der Waals surface area contributed by atoms with Crippen LogP contribution in [-0.2, 0) is 0 Å². The quantitative estimate of drug-likeness (QED) is 0.748. The van der Waals surface area contributed by atoms with Gasteiger partial charge in [-0.2, -0.15) is 5.10 Å². The fourth-order valence-electron chi connectivity index (χ4n) is 2.07. The first kappa shape index (κ1) is 8.75. The van der Waals surface area contributed by atoms with E-state index in [1.165, 1.54) is 38.0 Å². The number of aromatic nitrogens is 2. The summed E-state index contributed by atoms with van der Waals surface area (Å²) in [4.78, 5) is 2.51. The molecule has 0 bridgehead atoms. The average molecular weight is 179 g/mol. The standard InChI is InChI=1S/C10H17N3/c1-2-13-5-3-9(4-6-13)10-7-11-12-8-10/h7-9H,2-6H2,1H3,(H,11,12). The summed E-state index contributed by atoms with van der Waals surface area (Å²) in [7, 11) is 0. The molecule has 1 aliphatic rings. The van der Waals surface area contributed by atoms with Gasteiger partial charge < -0.3 is 4.90 Å². The second-order valence-electron chi connectivity index (χ2n) is 3.74. The second kappa shape index (κ2) is 3.92. The fourth-order valence-corrected chi connectivity index (χ4v) is 2.07. The summed E-state index contributed by atoms with van der Waals surface area (Å²) in [6.07, 6.45) is 6.57. The van der Waals surface area contributed by atoms with Gasteiger partial charge in [0.15, 0.2) is 0 Å². The van der Waals surface area contributed by atoms with E-state index in [0.717, 1.165) is 5.92 Å². The number of piperidine rings is 1. The normalized spacial score (nSPS) is 20.7. The van der Waals surface area contributed by atoms with Crippen LogP contribution in [0.2, 0.25) is 0 Å². The third-order valence-corrected chi connectivity index (χ3v) is 3.03. The summed E-state index contributed by atoms with van der Waals surface area (Å²) < 4.78 is 0. The van der Waals surface area contributed by atoms with Gasteiger partial charge in [0.05, 0.1) is 6.20 Å². The SMILES string of the molecule is CCN1CCC(c2cn[nH]c2)CC1. The minimum Gasteiger partial charge on any atom is -0.304 e. The Kier molecular flexibility index (Phi) is 2.64. The Morgan fingerprint density at radius 2 is 2.31 bits per heavy atom. The van der Waals surface area contributed by atoms with Crippen LogP contribution < -0.4 is 0 Å². The van der Waals surface area contributed by atoms with Crippen molar-refractivity contribution in [2.75, 3.05) is 19.6 Å². The van der Waals surface area contributed by atoms with Crippen molar-refractivity contribution < 1.29 is 0 Å². The summed E-state index contributed by atoms with van der Waals surface area (Å²) in [6.45, 7) is 5.91. The molecule has 0 atom stereocenters. The molecule has 0 radical (unpaired) electrons. The molecule has 1 saturated heterocycles. The first-order valence-corrected chi connectivity index (χ1v) is 5.11. The Hall–Kier alpha value is -0.830. The predicted molar refractivity (Wildman–Crippen MR) is 52.7 cm³/mol. The van der Waals surface area contributed by atoms with Crippen molar-refractivity contribution in [3.8, 4) is 0 Å². The molecule has 1 aliphatic heterocycles. The molecule has 1 aromatic rings. The number of nitrogens with zero attached hydrogens (tertiary/aromatic N) is 2. The topological polar surface area (TPSA) is 31.9 Å². The van der Waals surface area contributed by atoms with Crippen LogP contribution >= 0.6 is 0 Å². The van der Waals surface area contributed by atoms with Crippen molar-refractivity contribution in [1.82, 2.24) is 15.1 Å². The van der Waals surface area contributed by atoms with Gasteiger partial charge in [-0.3, -0.25) is 5.10 Å². The van der Waals surface area contributed by atoms with Crippen LogP contribution in [0, 0.1) is 0 Å². The Morgan fingerprint density at radius 1 is 1.54 bits per heavy atom. The van der Waals surface area contributed by atoms with Crippen LogP contribution in [0.25, 0.3) is 0 Å². The minimum atomic E-state index is 0.738. The van der Waals surface area contributed by atoms with E-state index in [1.54, 1.807) is 0 Å². The zero-order chi connectivity index (χ0) is 9.10. The Bertz CT molecular complexity index is 235. The van der Waals surface area contributed by atoms with Crippen molar-refractivity contribution >= 4 is 0 Å². The van der Waals surface area contributed by atoms with E-state index < -0.39 is 0 Å².